The number of furan rings is 1. The van der Waals surface area contributed by atoms with Crippen molar-refractivity contribution in [1.82, 2.24) is 15.3 Å². The highest BCUT2D eigenvalue weighted by atomic mass is 16.5. The van der Waals surface area contributed by atoms with Gasteiger partial charge in [0.05, 0.1) is 12.7 Å². The monoisotopic (exact) mass is 319 g/mol. The van der Waals surface area contributed by atoms with Crippen molar-refractivity contribution in [3.8, 4) is 0 Å². The summed E-state index contributed by atoms with van der Waals surface area (Å²) < 4.78 is 10.6. The Morgan fingerprint density at radius 3 is 2.96 bits per heavy atom. The van der Waals surface area contributed by atoms with Crippen molar-refractivity contribution in [2.75, 3.05) is 13.2 Å². The second-order valence-corrected chi connectivity index (χ2v) is 5.23. The quantitative estimate of drug-likeness (QED) is 0.714. The average molecular weight is 319 g/mol. The molecule has 0 saturated heterocycles. The smallest absolute Gasteiger partial charge is 0.254 e. The zero-order valence-corrected chi connectivity index (χ0v) is 13.3. The number of amides is 1. The molecule has 23 heavy (non-hydrogen) atoms. The first kappa shape index (κ1) is 17.0. The minimum atomic E-state index is -0.257. The first-order valence-electron chi connectivity index (χ1n) is 7.49. The summed E-state index contributed by atoms with van der Waals surface area (Å²) in [6.07, 6.45) is 2.32. The van der Waals surface area contributed by atoms with E-state index in [-0.39, 0.29) is 17.9 Å². The number of carbonyl (C=O) groups excluding carboxylic acids is 1. The number of carbonyl (C=O) groups is 1. The fourth-order valence-corrected chi connectivity index (χ4v) is 2.15. The van der Waals surface area contributed by atoms with Crippen molar-refractivity contribution in [2.24, 2.45) is 0 Å². The van der Waals surface area contributed by atoms with E-state index in [1.807, 2.05) is 12.1 Å². The van der Waals surface area contributed by atoms with Crippen LogP contribution in [-0.2, 0) is 22.6 Å². The van der Waals surface area contributed by atoms with E-state index in [0.29, 0.717) is 43.3 Å². The van der Waals surface area contributed by atoms with Crippen LogP contribution in [0.3, 0.4) is 0 Å². The molecule has 0 aliphatic heterocycles. The Bertz CT molecular complexity index is 692. The molecule has 0 atom stereocenters. The maximum atomic E-state index is 11.9. The Balaban J connectivity index is 1.66. The third-order valence-corrected chi connectivity index (χ3v) is 3.29. The van der Waals surface area contributed by atoms with Crippen LogP contribution in [0.1, 0.15) is 29.3 Å². The summed E-state index contributed by atoms with van der Waals surface area (Å²) in [5.74, 6) is 1.12. The summed E-state index contributed by atoms with van der Waals surface area (Å²) in [6.45, 7) is 4.87. The van der Waals surface area contributed by atoms with Crippen LogP contribution in [0.25, 0.3) is 0 Å². The van der Waals surface area contributed by atoms with Crippen LogP contribution in [0.15, 0.2) is 27.6 Å². The number of nitrogens with one attached hydrogen (secondary N) is 2. The number of rotatable bonds is 8. The maximum absolute atomic E-state index is 11.9. The average Bonchev–Trinajstić information content (AvgIpc) is 2.99. The van der Waals surface area contributed by atoms with Crippen LogP contribution in [0.2, 0.25) is 0 Å². The number of hydrogen-bond donors (Lipinski definition) is 2. The lowest BCUT2D eigenvalue weighted by Crippen LogP contribution is -2.30. The largest absolute Gasteiger partial charge is 0.467 e. The number of ether oxygens (including phenoxy) is 1. The van der Waals surface area contributed by atoms with Gasteiger partial charge in [0.2, 0.25) is 5.91 Å². The molecule has 0 unspecified atom stereocenters. The van der Waals surface area contributed by atoms with Crippen molar-refractivity contribution in [1.29, 1.82) is 0 Å². The predicted octanol–water partition coefficient (Wildman–Crippen LogP) is 1.25. The molecule has 0 radical (unpaired) electrons. The van der Waals surface area contributed by atoms with Gasteiger partial charge >= 0.3 is 0 Å². The van der Waals surface area contributed by atoms with Crippen molar-refractivity contribution >= 4 is 5.91 Å². The van der Waals surface area contributed by atoms with Crippen molar-refractivity contribution in [2.45, 2.75) is 33.3 Å². The van der Waals surface area contributed by atoms with E-state index in [1.165, 1.54) is 0 Å². The Morgan fingerprint density at radius 2 is 2.26 bits per heavy atom. The zero-order valence-electron chi connectivity index (χ0n) is 13.3. The van der Waals surface area contributed by atoms with Gasteiger partial charge in [0.15, 0.2) is 0 Å². The Kier molecular flexibility index (Phi) is 6.10. The van der Waals surface area contributed by atoms with E-state index in [1.54, 1.807) is 20.1 Å². The van der Waals surface area contributed by atoms with E-state index in [4.69, 9.17) is 9.15 Å². The number of aromatic amines is 1. The number of H-pyrrole nitrogens is 1. The zero-order chi connectivity index (χ0) is 16.7. The minimum Gasteiger partial charge on any atom is -0.467 e. The van der Waals surface area contributed by atoms with E-state index >= 15 is 0 Å². The molecule has 124 valence electrons. The summed E-state index contributed by atoms with van der Waals surface area (Å²) in [5.41, 5.74) is 0.734. The van der Waals surface area contributed by atoms with Gasteiger partial charge in [-0.25, -0.2) is 4.98 Å². The Labute approximate surface area is 134 Å². The van der Waals surface area contributed by atoms with Gasteiger partial charge in [-0.15, -0.1) is 0 Å². The van der Waals surface area contributed by atoms with Gasteiger partial charge in [-0.3, -0.25) is 9.59 Å². The molecule has 0 aliphatic carbocycles. The highest BCUT2D eigenvalue weighted by Crippen LogP contribution is 2.02. The number of aromatic nitrogens is 2. The second kappa shape index (κ2) is 8.28. The molecule has 2 N–H and O–H groups in total. The van der Waals surface area contributed by atoms with Crippen molar-refractivity contribution in [3.05, 3.63) is 51.6 Å². The molecule has 7 nitrogen and oxygen atoms in total. The topological polar surface area (TPSA) is 97.2 Å². The van der Waals surface area contributed by atoms with Crippen molar-refractivity contribution < 1.29 is 13.9 Å². The molecule has 1 amide bonds. The minimum absolute atomic E-state index is 0.0295. The molecule has 0 spiro atoms. The number of aryl methyl sites for hydroxylation is 2. The summed E-state index contributed by atoms with van der Waals surface area (Å²) in [5, 5.41) is 2.77. The van der Waals surface area contributed by atoms with Crippen LogP contribution in [0.4, 0.5) is 0 Å². The first-order valence-corrected chi connectivity index (χ1v) is 7.49. The van der Waals surface area contributed by atoms with E-state index < -0.39 is 0 Å². The highest BCUT2D eigenvalue weighted by Gasteiger charge is 2.11. The number of nitrogens with zero attached hydrogens (tertiary/aromatic N) is 1. The fourth-order valence-electron chi connectivity index (χ4n) is 2.15. The highest BCUT2D eigenvalue weighted by molar-refractivity contribution is 5.78. The predicted molar refractivity (Wildman–Crippen MR) is 84.0 cm³/mol. The van der Waals surface area contributed by atoms with Gasteiger partial charge in [-0.05, 0) is 32.4 Å². The van der Waals surface area contributed by atoms with Crippen LogP contribution >= 0.6 is 0 Å². The molecular formula is C16H21N3O4. The summed E-state index contributed by atoms with van der Waals surface area (Å²) in [4.78, 5) is 30.5. The standard InChI is InChI=1S/C16H21N3O4/c1-11-14(16(21)19-12(2)18-11)9-15(20)17-6-4-7-22-10-13-5-3-8-23-13/h3,5,8H,4,6-7,9-10H2,1-2H3,(H,17,20)(H,18,19,21). The van der Waals surface area contributed by atoms with Crippen LogP contribution in [-0.4, -0.2) is 29.0 Å². The van der Waals surface area contributed by atoms with Gasteiger partial charge in [-0.1, -0.05) is 0 Å². The van der Waals surface area contributed by atoms with Crippen LogP contribution in [0, 0.1) is 13.8 Å². The van der Waals surface area contributed by atoms with Gasteiger partial charge in [0, 0.05) is 24.4 Å². The van der Waals surface area contributed by atoms with Crippen molar-refractivity contribution in [3.63, 3.8) is 0 Å². The molecule has 0 fully saturated rings. The number of hydrogen-bond acceptors (Lipinski definition) is 5. The lowest BCUT2D eigenvalue weighted by Gasteiger charge is -2.07. The Morgan fingerprint density at radius 1 is 1.43 bits per heavy atom. The maximum Gasteiger partial charge on any atom is 0.254 e. The third kappa shape index (κ3) is 5.37. The van der Waals surface area contributed by atoms with Gasteiger partial charge in [0.1, 0.15) is 18.2 Å². The lowest BCUT2D eigenvalue weighted by atomic mass is 10.1. The van der Waals surface area contributed by atoms with Gasteiger partial charge in [0.25, 0.3) is 5.56 Å². The van der Waals surface area contributed by atoms with E-state index in [0.717, 1.165) is 5.76 Å². The third-order valence-electron chi connectivity index (χ3n) is 3.29. The summed E-state index contributed by atoms with van der Waals surface area (Å²) in [7, 11) is 0. The molecule has 0 aromatic carbocycles. The first-order chi connectivity index (χ1) is 11.1. The van der Waals surface area contributed by atoms with Gasteiger partial charge in [-0.2, -0.15) is 0 Å². The summed E-state index contributed by atoms with van der Waals surface area (Å²) >= 11 is 0. The summed E-state index contributed by atoms with van der Waals surface area (Å²) in [6, 6.07) is 3.65. The van der Waals surface area contributed by atoms with Crippen LogP contribution < -0.4 is 10.9 Å². The SMILES string of the molecule is Cc1nc(C)c(CC(=O)NCCCOCc2ccco2)c(=O)[nH]1. The van der Waals surface area contributed by atoms with E-state index in [2.05, 4.69) is 15.3 Å². The molecular weight excluding hydrogens is 298 g/mol. The molecule has 2 aromatic rings. The molecule has 0 bridgehead atoms. The molecule has 2 aromatic heterocycles. The normalized spacial score (nSPS) is 10.7. The molecule has 0 aliphatic rings. The fraction of sp³-hybridized carbons (Fsp3) is 0.438. The van der Waals surface area contributed by atoms with Gasteiger partial charge < -0.3 is 19.5 Å². The molecule has 2 rings (SSSR count). The lowest BCUT2D eigenvalue weighted by molar-refractivity contribution is -0.120. The molecule has 7 heteroatoms. The molecule has 0 saturated carbocycles. The second-order valence-electron chi connectivity index (χ2n) is 5.23. The Hall–Kier alpha value is -2.41. The van der Waals surface area contributed by atoms with Crippen LogP contribution in [0.5, 0.6) is 0 Å². The molecule has 2 heterocycles. The van der Waals surface area contributed by atoms with E-state index in [9.17, 15) is 9.59 Å².